The van der Waals surface area contributed by atoms with E-state index in [-0.39, 0.29) is 5.41 Å². The molecular weight excluding hydrogens is 250 g/mol. The molecule has 0 saturated heterocycles. The van der Waals surface area contributed by atoms with Gasteiger partial charge in [-0.2, -0.15) is 0 Å². The van der Waals surface area contributed by atoms with E-state index in [1.165, 1.54) is 10.4 Å². The summed E-state index contributed by atoms with van der Waals surface area (Å²) in [7, 11) is 0. The van der Waals surface area contributed by atoms with Crippen LogP contribution in [0.2, 0.25) is 0 Å². The van der Waals surface area contributed by atoms with Crippen LogP contribution in [0.1, 0.15) is 24.3 Å². The summed E-state index contributed by atoms with van der Waals surface area (Å²) in [5.41, 5.74) is 2.53. The van der Waals surface area contributed by atoms with Crippen molar-refractivity contribution in [2.75, 3.05) is 13.1 Å². The van der Waals surface area contributed by atoms with Gasteiger partial charge in [-0.05, 0) is 22.6 Å². The van der Waals surface area contributed by atoms with Gasteiger partial charge in [0.2, 0.25) is 0 Å². The molecule has 0 amide bonds. The summed E-state index contributed by atoms with van der Waals surface area (Å²) < 4.78 is 0. The predicted molar refractivity (Wildman–Crippen MR) is 85.7 cm³/mol. The lowest BCUT2D eigenvalue weighted by Crippen LogP contribution is -2.33. The Kier molecular flexibility index (Phi) is 4.56. The van der Waals surface area contributed by atoms with Crippen LogP contribution in [0.15, 0.2) is 54.4 Å². The molecule has 0 aliphatic carbocycles. The molecule has 0 atom stereocenters. The van der Waals surface area contributed by atoms with E-state index in [9.17, 15) is 0 Å². The molecule has 0 spiro atoms. The zero-order chi connectivity index (χ0) is 13.7. The van der Waals surface area contributed by atoms with E-state index in [0.717, 1.165) is 18.7 Å². The number of hydrogen-bond acceptors (Lipinski definition) is 2. The maximum atomic E-state index is 4.15. The molecule has 1 heterocycles. The van der Waals surface area contributed by atoms with Crippen LogP contribution in [0.4, 0.5) is 0 Å². The van der Waals surface area contributed by atoms with Crippen molar-refractivity contribution in [2.45, 2.75) is 19.3 Å². The Morgan fingerprint density at radius 1 is 1.16 bits per heavy atom. The third-order valence-electron chi connectivity index (χ3n) is 3.28. The van der Waals surface area contributed by atoms with Crippen molar-refractivity contribution in [3.8, 4) is 0 Å². The van der Waals surface area contributed by atoms with E-state index < -0.39 is 0 Å². The Hall–Kier alpha value is -1.38. The molecule has 100 valence electrons. The maximum Gasteiger partial charge on any atom is 0.0205 e. The third-order valence-corrected chi connectivity index (χ3v) is 4.51. The summed E-state index contributed by atoms with van der Waals surface area (Å²) in [5.74, 6) is 0. The Balaban J connectivity index is 1.86. The van der Waals surface area contributed by atoms with Gasteiger partial charge in [0.05, 0.1) is 0 Å². The van der Waals surface area contributed by atoms with Gasteiger partial charge in [-0.15, -0.1) is 11.3 Å². The second-order valence-electron chi connectivity index (χ2n) is 5.43. The first kappa shape index (κ1) is 14.0. The second-order valence-corrected chi connectivity index (χ2v) is 6.38. The first-order chi connectivity index (χ1) is 9.09. The zero-order valence-electron chi connectivity index (χ0n) is 11.6. The molecule has 2 rings (SSSR count). The molecule has 0 aliphatic heterocycles. The Labute approximate surface area is 120 Å². The predicted octanol–water partition coefficient (Wildman–Crippen LogP) is 4.33. The van der Waals surface area contributed by atoms with E-state index in [1.807, 2.05) is 17.4 Å². The molecule has 0 radical (unpaired) electrons. The van der Waals surface area contributed by atoms with Crippen LogP contribution < -0.4 is 5.32 Å². The highest BCUT2D eigenvalue weighted by molar-refractivity contribution is 7.10. The molecule has 0 bridgehead atoms. The molecule has 19 heavy (non-hydrogen) atoms. The first-order valence-electron chi connectivity index (χ1n) is 6.57. The van der Waals surface area contributed by atoms with E-state index in [2.05, 4.69) is 67.5 Å². The van der Waals surface area contributed by atoms with Gasteiger partial charge in [0.15, 0.2) is 0 Å². The fraction of sp³-hybridized carbons (Fsp3) is 0.294. The van der Waals surface area contributed by atoms with Crippen molar-refractivity contribution in [2.24, 2.45) is 0 Å². The Morgan fingerprint density at radius 3 is 2.53 bits per heavy atom. The summed E-state index contributed by atoms with van der Waals surface area (Å²) in [6.45, 7) is 10.5. The van der Waals surface area contributed by atoms with Gasteiger partial charge >= 0.3 is 0 Å². The van der Waals surface area contributed by atoms with Gasteiger partial charge in [-0.3, -0.25) is 0 Å². The Bertz CT molecular complexity index is 511. The van der Waals surface area contributed by atoms with Crippen molar-refractivity contribution in [3.63, 3.8) is 0 Å². The summed E-state index contributed by atoms with van der Waals surface area (Å²) in [6, 6.07) is 14.7. The van der Waals surface area contributed by atoms with Gasteiger partial charge in [0.1, 0.15) is 0 Å². The monoisotopic (exact) mass is 271 g/mol. The standard InChI is InChI=1S/C17H21NS/c1-14(15-8-5-4-6-9-15)12-18-13-17(2,3)16-10-7-11-19-16/h4-11,18H,1,12-13H2,2-3H3. The molecular formula is C17H21NS. The van der Waals surface area contributed by atoms with E-state index in [4.69, 9.17) is 0 Å². The van der Waals surface area contributed by atoms with Crippen molar-refractivity contribution in [3.05, 3.63) is 64.9 Å². The number of rotatable bonds is 6. The van der Waals surface area contributed by atoms with Crippen LogP contribution in [0, 0.1) is 0 Å². The van der Waals surface area contributed by atoms with Crippen LogP contribution in [-0.4, -0.2) is 13.1 Å². The number of thiophene rings is 1. The zero-order valence-corrected chi connectivity index (χ0v) is 12.5. The molecule has 2 aromatic rings. The highest BCUT2D eigenvalue weighted by Gasteiger charge is 2.20. The number of hydrogen-bond donors (Lipinski definition) is 1. The molecule has 1 nitrogen and oxygen atoms in total. The highest BCUT2D eigenvalue weighted by atomic mass is 32.1. The summed E-state index contributed by atoms with van der Waals surface area (Å²) in [5, 5.41) is 5.66. The van der Waals surface area contributed by atoms with E-state index >= 15 is 0 Å². The fourth-order valence-electron chi connectivity index (χ4n) is 2.05. The van der Waals surface area contributed by atoms with Crippen LogP contribution in [0.25, 0.3) is 5.57 Å². The van der Waals surface area contributed by atoms with E-state index in [1.54, 1.807) is 0 Å². The molecule has 0 fully saturated rings. The molecule has 0 unspecified atom stereocenters. The highest BCUT2D eigenvalue weighted by Crippen LogP contribution is 2.26. The average Bonchev–Trinajstić information content (AvgIpc) is 2.94. The van der Waals surface area contributed by atoms with Gasteiger partial charge in [-0.25, -0.2) is 0 Å². The normalized spacial score (nSPS) is 11.5. The molecule has 2 heteroatoms. The van der Waals surface area contributed by atoms with Crippen molar-refractivity contribution < 1.29 is 0 Å². The third kappa shape index (κ3) is 3.79. The molecule has 0 saturated carbocycles. The van der Waals surface area contributed by atoms with Gasteiger partial charge < -0.3 is 5.32 Å². The average molecular weight is 271 g/mol. The van der Waals surface area contributed by atoms with E-state index in [0.29, 0.717) is 0 Å². The van der Waals surface area contributed by atoms with Gasteiger partial charge in [0.25, 0.3) is 0 Å². The molecule has 1 aromatic carbocycles. The van der Waals surface area contributed by atoms with Crippen LogP contribution in [0.5, 0.6) is 0 Å². The molecule has 0 aliphatic rings. The topological polar surface area (TPSA) is 12.0 Å². The Morgan fingerprint density at radius 2 is 1.89 bits per heavy atom. The van der Waals surface area contributed by atoms with Crippen LogP contribution in [0.3, 0.4) is 0 Å². The number of nitrogens with one attached hydrogen (secondary N) is 1. The van der Waals surface area contributed by atoms with Crippen molar-refractivity contribution in [1.29, 1.82) is 0 Å². The summed E-state index contributed by atoms with van der Waals surface area (Å²) in [4.78, 5) is 1.42. The maximum absolute atomic E-state index is 4.15. The van der Waals surface area contributed by atoms with Crippen LogP contribution in [-0.2, 0) is 5.41 Å². The lowest BCUT2D eigenvalue weighted by Gasteiger charge is -2.24. The first-order valence-corrected chi connectivity index (χ1v) is 7.45. The van der Waals surface area contributed by atoms with Gasteiger partial charge in [-0.1, -0.05) is 56.8 Å². The summed E-state index contributed by atoms with van der Waals surface area (Å²) in [6.07, 6.45) is 0. The smallest absolute Gasteiger partial charge is 0.0205 e. The minimum absolute atomic E-state index is 0.172. The quantitative estimate of drug-likeness (QED) is 0.824. The molecule has 1 N–H and O–H groups in total. The second kappa shape index (κ2) is 6.18. The lowest BCUT2D eigenvalue weighted by molar-refractivity contribution is 0.494. The van der Waals surface area contributed by atoms with Crippen LogP contribution >= 0.6 is 11.3 Å². The fourth-order valence-corrected chi connectivity index (χ4v) is 2.90. The summed E-state index contributed by atoms with van der Waals surface area (Å²) >= 11 is 1.82. The van der Waals surface area contributed by atoms with Crippen molar-refractivity contribution >= 4 is 16.9 Å². The largest absolute Gasteiger partial charge is 0.312 e. The van der Waals surface area contributed by atoms with Crippen molar-refractivity contribution in [1.82, 2.24) is 5.32 Å². The lowest BCUT2D eigenvalue weighted by atomic mass is 9.91. The van der Waals surface area contributed by atoms with Gasteiger partial charge in [0, 0.05) is 23.4 Å². The SMILES string of the molecule is C=C(CNCC(C)(C)c1cccs1)c1ccccc1. The minimum atomic E-state index is 0.172. The molecule has 1 aromatic heterocycles. The number of benzene rings is 1. The minimum Gasteiger partial charge on any atom is -0.312 e.